The summed E-state index contributed by atoms with van der Waals surface area (Å²) in [6, 6.07) is 0. The number of ether oxygens (including phenoxy) is 1. The van der Waals surface area contributed by atoms with E-state index in [1.54, 1.807) is 23.5 Å². The zero-order valence-corrected chi connectivity index (χ0v) is 33.9. The van der Waals surface area contributed by atoms with E-state index in [1.165, 1.54) is 89.9 Å². The fourth-order valence-electron chi connectivity index (χ4n) is 6.02. The molecule has 0 fully saturated rings. The maximum atomic E-state index is 12.5. The molecule has 0 aliphatic rings. The molecule has 0 saturated carbocycles. The Morgan fingerprint density at radius 2 is 0.854 bits per heavy atom. The molecule has 0 aliphatic heterocycles. The lowest BCUT2D eigenvalue weighted by Gasteiger charge is -2.18. The van der Waals surface area contributed by atoms with E-state index < -0.39 is 0 Å². The molecule has 0 aromatic carbocycles. The Bertz CT molecular complexity index is 687. The molecule has 0 unspecified atom stereocenters. The van der Waals surface area contributed by atoms with Crippen molar-refractivity contribution in [1.82, 2.24) is 4.90 Å². The van der Waals surface area contributed by atoms with E-state index in [2.05, 4.69) is 18.7 Å². The molecule has 0 bridgehead atoms. The number of carbonyl (C=O) groups excluding carboxylic acids is 3. The third-order valence-electron chi connectivity index (χ3n) is 9.12. The van der Waals surface area contributed by atoms with Gasteiger partial charge in [0.1, 0.15) is 6.10 Å². The zero-order valence-electron chi connectivity index (χ0n) is 32.3. The molecular weight excluding hydrogens is 635 g/mol. The second kappa shape index (κ2) is 37.7. The molecule has 0 radical (unpaired) electrons. The summed E-state index contributed by atoms with van der Waals surface area (Å²) in [5, 5.41) is 0.734. The molecule has 0 aromatic heterocycles. The number of thioether (sulfide) groups is 2. The van der Waals surface area contributed by atoms with Crippen LogP contribution in [-0.4, -0.2) is 59.3 Å². The summed E-state index contributed by atoms with van der Waals surface area (Å²) in [7, 11) is 4.07. The van der Waals surface area contributed by atoms with Gasteiger partial charge in [-0.1, -0.05) is 153 Å². The van der Waals surface area contributed by atoms with Crippen molar-refractivity contribution in [3.05, 3.63) is 0 Å². The smallest absolute Gasteiger partial charge is 0.306 e. The lowest BCUT2D eigenvalue weighted by molar-refractivity contribution is -0.150. The minimum Gasteiger partial charge on any atom is -0.462 e. The predicted octanol–water partition coefficient (Wildman–Crippen LogP) is 12.7. The van der Waals surface area contributed by atoms with Gasteiger partial charge in [-0.05, 0) is 78.4 Å². The first-order chi connectivity index (χ1) is 23.4. The molecule has 48 heavy (non-hydrogen) atoms. The maximum absolute atomic E-state index is 12.5. The van der Waals surface area contributed by atoms with Crippen LogP contribution in [0.5, 0.6) is 0 Å². The summed E-state index contributed by atoms with van der Waals surface area (Å²) in [6.45, 7) is 5.41. The third-order valence-corrected chi connectivity index (χ3v) is 11.2. The number of unbranched alkanes of at least 4 members (excludes halogenated alkanes) is 20. The van der Waals surface area contributed by atoms with Crippen molar-refractivity contribution < 1.29 is 19.1 Å². The van der Waals surface area contributed by atoms with Gasteiger partial charge in [-0.3, -0.25) is 14.4 Å². The van der Waals surface area contributed by atoms with Crippen molar-refractivity contribution in [2.75, 3.05) is 32.1 Å². The van der Waals surface area contributed by atoms with Gasteiger partial charge in [0.15, 0.2) is 10.2 Å². The van der Waals surface area contributed by atoms with Gasteiger partial charge in [-0.25, -0.2) is 0 Å². The van der Waals surface area contributed by atoms with Gasteiger partial charge in [-0.15, -0.1) is 0 Å². The van der Waals surface area contributed by atoms with Crippen molar-refractivity contribution in [3.8, 4) is 0 Å². The van der Waals surface area contributed by atoms with Gasteiger partial charge in [0, 0.05) is 30.8 Å². The fraction of sp³-hybridized carbons (Fsp3) is 0.927. The van der Waals surface area contributed by atoms with Gasteiger partial charge >= 0.3 is 5.97 Å². The summed E-state index contributed by atoms with van der Waals surface area (Å²) in [5.74, 6) is 1.92. The Morgan fingerprint density at radius 3 is 1.27 bits per heavy atom. The Kier molecular flexibility index (Phi) is 37.3. The molecule has 0 amide bonds. The first kappa shape index (κ1) is 47.5. The zero-order chi connectivity index (χ0) is 35.3. The fourth-order valence-corrected chi connectivity index (χ4v) is 7.75. The van der Waals surface area contributed by atoms with Crippen molar-refractivity contribution in [2.24, 2.45) is 0 Å². The summed E-state index contributed by atoms with van der Waals surface area (Å²) < 4.78 is 5.96. The van der Waals surface area contributed by atoms with Crippen molar-refractivity contribution >= 4 is 39.7 Å². The second-order valence-corrected chi connectivity index (χ2v) is 16.6. The molecule has 5 nitrogen and oxygen atoms in total. The second-order valence-electron chi connectivity index (χ2n) is 14.3. The highest BCUT2D eigenvalue weighted by Gasteiger charge is 2.14. The number of esters is 1. The number of carbonyl (C=O) groups is 3. The molecule has 0 saturated heterocycles. The van der Waals surface area contributed by atoms with Crippen LogP contribution in [0.4, 0.5) is 0 Å². The van der Waals surface area contributed by atoms with Crippen molar-refractivity contribution in [1.29, 1.82) is 0 Å². The van der Waals surface area contributed by atoms with Gasteiger partial charge in [0.25, 0.3) is 0 Å². The molecule has 284 valence electrons. The summed E-state index contributed by atoms with van der Waals surface area (Å²) in [4.78, 5) is 39.1. The van der Waals surface area contributed by atoms with Gasteiger partial charge < -0.3 is 9.64 Å². The van der Waals surface area contributed by atoms with E-state index in [9.17, 15) is 14.4 Å². The Labute approximate surface area is 307 Å². The molecule has 0 rings (SSSR count). The van der Waals surface area contributed by atoms with E-state index in [4.69, 9.17) is 4.74 Å². The summed E-state index contributed by atoms with van der Waals surface area (Å²) in [6.07, 6.45) is 33.8. The largest absolute Gasteiger partial charge is 0.462 e. The van der Waals surface area contributed by atoms with E-state index in [-0.39, 0.29) is 12.1 Å². The Morgan fingerprint density at radius 1 is 0.479 bits per heavy atom. The van der Waals surface area contributed by atoms with E-state index in [1.807, 2.05) is 14.1 Å². The number of hydrogen-bond acceptors (Lipinski definition) is 7. The van der Waals surface area contributed by atoms with Crippen LogP contribution in [-0.2, 0) is 19.1 Å². The highest BCUT2D eigenvalue weighted by atomic mass is 32.2. The number of nitrogens with zero attached hydrogens (tertiary/aromatic N) is 1. The molecule has 7 heteroatoms. The van der Waals surface area contributed by atoms with Gasteiger partial charge in [0.05, 0.1) is 0 Å². The molecule has 0 atom stereocenters. The van der Waals surface area contributed by atoms with E-state index in [0.29, 0.717) is 29.5 Å². The highest BCUT2D eigenvalue weighted by Crippen LogP contribution is 2.20. The summed E-state index contributed by atoms with van der Waals surface area (Å²) >= 11 is 3.09. The Balaban J connectivity index is 4.04. The monoisotopic (exact) mass is 714 g/mol. The molecule has 0 aromatic rings. The topological polar surface area (TPSA) is 63.7 Å². The van der Waals surface area contributed by atoms with Crippen LogP contribution in [0, 0.1) is 0 Å². The molecule has 0 aliphatic carbocycles. The lowest BCUT2D eigenvalue weighted by atomic mass is 10.0. The number of hydrogen-bond donors (Lipinski definition) is 0. The first-order valence-corrected chi connectivity index (χ1v) is 22.5. The van der Waals surface area contributed by atoms with Crippen LogP contribution >= 0.6 is 23.5 Å². The molecule has 0 heterocycles. The van der Waals surface area contributed by atoms with E-state index in [0.717, 1.165) is 102 Å². The van der Waals surface area contributed by atoms with Crippen molar-refractivity contribution in [2.45, 2.75) is 213 Å². The molecule has 0 spiro atoms. The molecule has 0 N–H and O–H groups in total. The maximum Gasteiger partial charge on any atom is 0.306 e. The van der Waals surface area contributed by atoms with Crippen LogP contribution in [0.15, 0.2) is 0 Å². The highest BCUT2D eigenvalue weighted by molar-refractivity contribution is 8.13. The average Bonchev–Trinajstić information content (AvgIpc) is 3.05. The Hall–Kier alpha value is -0.530. The molecular formula is C41H79NO4S2. The van der Waals surface area contributed by atoms with Gasteiger partial charge in [-0.2, -0.15) is 0 Å². The van der Waals surface area contributed by atoms with Crippen LogP contribution in [0.1, 0.15) is 206 Å². The summed E-state index contributed by atoms with van der Waals surface area (Å²) in [5.41, 5.74) is 0. The third kappa shape index (κ3) is 36.7. The SMILES string of the molecule is CCCCCCCCCSC(=O)CCCCCCCC(CCCCCCCC(=O)SCCCCCCCCC)OC(=O)CCCN(C)C. The normalized spacial score (nSPS) is 11.5. The van der Waals surface area contributed by atoms with Gasteiger partial charge in [0.2, 0.25) is 0 Å². The van der Waals surface area contributed by atoms with Crippen LogP contribution < -0.4 is 0 Å². The van der Waals surface area contributed by atoms with E-state index >= 15 is 0 Å². The van der Waals surface area contributed by atoms with Crippen LogP contribution in [0.3, 0.4) is 0 Å². The minimum atomic E-state index is -0.0538. The van der Waals surface area contributed by atoms with Crippen LogP contribution in [0.2, 0.25) is 0 Å². The average molecular weight is 714 g/mol. The first-order valence-electron chi connectivity index (χ1n) is 20.5. The quantitative estimate of drug-likeness (QED) is 0.0469. The standard InChI is InChI=1S/C41H79NO4S2/c1-5-7-9-11-13-21-27-36-47-40(44)33-25-19-15-17-23-30-38(46-39(43)32-29-35-42(3)4)31-24-18-16-20-26-34-41(45)48-37-28-22-14-12-10-8-6-2/h38H,5-37H2,1-4H3. The minimum absolute atomic E-state index is 0.0195. The van der Waals surface area contributed by atoms with Crippen LogP contribution in [0.25, 0.3) is 0 Å². The van der Waals surface area contributed by atoms with Crippen molar-refractivity contribution in [3.63, 3.8) is 0 Å². The lowest BCUT2D eigenvalue weighted by Crippen LogP contribution is -2.20. The predicted molar refractivity (Wildman–Crippen MR) is 213 cm³/mol. The number of rotatable bonds is 37.